The highest BCUT2D eigenvalue weighted by atomic mass is 35.5. The fraction of sp³-hybridized carbons (Fsp3) is 0.200. The van der Waals surface area contributed by atoms with E-state index < -0.39 is 17.2 Å². The first kappa shape index (κ1) is 16.2. The Labute approximate surface area is 131 Å². The van der Waals surface area contributed by atoms with Gasteiger partial charge in [-0.05, 0) is 19.1 Å². The highest BCUT2D eigenvalue weighted by molar-refractivity contribution is 6.33. The zero-order valence-corrected chi connectivity index (χ0v) is 12.9. The summed E-state index contributed by atoms with van der Waals surface area (Å²) in [7, 11) is 1.74. The lowest BCUT2D eigenvalue weighted by atomic mass is 10.3. The summed E-state index contributed by atoms with van der Waals surface area (Å²) in [5.74, 6) is -1.63. The average molecular weight is 326 g/mol. The maximum Gasteiger partial charge on any atom is 0.292 e. The molecule has 116 valence electrons. The SMILES string of the molecule is C=C(C)CN(C)c1cnn(-c2ccc(F)cc2F)c(=O)c1Cl. The predicted octanol–water partition coefficient (Wildman–Crippen LogP) is 3.18. The molecule has 0 atom stereocenters. The van der Waals surface area contributed by atoms with E-state index >= 15 is 0 Å². The van der Waals surface area contributed by atoms with E-state index in [-0.39, 0.29) is 10.7 Å². The molecule has 0 bridgehead atoms. The highest BCUT2D eigenvalue weighted by Gasteiger charge is 2.16. The minimum absolute atomic E-state index is 0.0949. The standard InChI is InChI=1S/C15H14ClF2N3O/c1-9(2)8-20(3)13-7-19-21(15(22)14(13)16)12-5-4-10(17)6-11(12)18/h4-7H,1,8H2,2-3H3. The van der Waals surface area contributed by atoms with Crippen LogP contribution in [-0.2, 0) is 0 Å². The van der Waals surface area contributed by atoms with Crippen LogP contribution in [0.5, 0.6) is 0 Å². The predicted molar refractivity (Wildman–Crippen MR) is 82.8 cm³/mol. The Morgan fingerprint density at radius 1 is 1.45 bits per heavy atom. The number of benzene rings is 1. The van der Waals surface area contributed by atoms with Crippen LogP contribution in [0.4, 0.5) is 14.5 Å². The average Bonchev–Trinajstić information content (AvgIpc) is 2.41. The molecule has 0 aliphatic heterocycles. The van der Waals surface area contributed by atoms with Crippen molar-refractivity contribution in [1.29, 1.82) is 0 Å². The Morgan fingerprint density at radius 3 is 2.73 bits per heavy atom. The number of hydrogen-bond acceptors (Lipinski definition) is 3. The van der Waals surface area contributed by atoms with Crippen LogP contribution in [0.15, 0.2) is 41.3 Å². The zero-order chi connectivity index (χ0) is 16.4. The minimum atomic E-state index is -0.895. The summed E-state index contributed by atoms with van der Waals surface area (Å²) in [5.41, 5.74) is 0.446. The van der Waals surface area contributed by atoms with Crippen molar-refractivity contribution < 1.29 is 8.78 Å². The molecule has 0 radical (unpaired) electrons. The fourth-order valence-corrected chi connectivity index (χ4v) is 2.28. The van der Waals surface area contributed by atoms with Gasteiger partial charge >= 0.3 is 0 Å². The Morgan fingerprint density at radius 2 is 2.14 bits per heavy atom. The Bertz CT molecular complexity index is 789. The molecule has 0 unspecified atom stereocenters. The Kier molecular flexibility index (Phi) is 4.61. The van der Waals surface area contributed by atoms with E-state index in [4.69, 9.17) is 11.6 Å². The molecule has 0 spiro atoms. The van der Waals surface area contributed by atoms with Crippen molar-refractivity contribution in [2.45, 2.75) is 6.92 Å². The first-order valence-corrected chi connectivity index (χ1v) is 6.78. The van der Waals surface area contributed by atoms with Gasteiger partial charge < -0.3 is 4.90 Å². The van der Waals surface area contributed by atoms with Crippen molar-refractivity contribution >= 4 is 17.3 Å². The summed E-state index contributed by atoms with van der Waals surface area (Å²) < 4.78 is 27.5. The van der Waals surface area contributed by atoms with Crippen LogP contribution in [-0.4, -0.2) is 23.4 Å². The van der Waals surface area contributed by atoms with E-state index in [9.17, 15) is 13.6 Å². The van der Waals surface area contributed by atoms with Gasteiger partial charge in [0.25, 0.3) is 5.56 Å². The number of likely N-dealkylation sites (N-methyl/N-ethyl adjacent to an activating group) is 1. The van der Waals surface area contributed by atoms with Crippen molar-refractivity contribution in [3.05, 3.63) is 63.6 Å². The van der Waals surface area contributed by atoms with Crippen molar-refractivity contribution in [1.82, 2.24) is 9.78 Å². The lowest BCUT2D eigenvalue weighted by Gasteiger charge is -2.20. The fourth-order valence-electron chi connectivity index (χ4n) is 2.00. The van der Waals surface area contributed by atoms with Crippen LogP contribution in [0, 0.1) is 11.6 Å². The first-order chi connectivity index (χ1) is 10.3. The third-order valence-corrected chi connectivity index (χ3v) is 3.31. The lowest BCUT2D eigenvalue weighted by molar-refractivity contribution is 0.570. The number of halogens is 3. The minimum Gasteiger partial charge on any atom is -0.368 e. The quantitative estimate of drug-likeness (QED) is 0.810. The maximum absolute atomic E-state index is 13.8. The molecule has 0 N–H and O–H groups in total. The Balaban J connectivity index is 2.51. The molecule has 0 saturated heterocycles. The molecule has 0 aliphatic rings. The summed E-state index contributed by atoms with van der Waals surface area (Å²) in [4.78, 5) is 14.0. The smallest absolute Gasteiger partial charge is 0.292 e. The van der Waals surface area contributed by atoms with Gasteiger partial charge in [-0.2, -0.15) is 9.78 Å². The lowest BCUT2D eigenvalue weighted by Crippen LogP contribution is -2.27. The van der Waals surface area contributed by atoms with Crippen molar-refractivity contribution in [2.24, 2.45) is 0 Å². The van der Waals surface area contributed by atoms with Crippen LogP contribution in [0.25, 0.3) is 5.69 Å². The maximum atomic E-state index is 13.8. The third kappa shape index (κ3) is 3.17. The van der Waals surface area contributed by atoms with Crippen LogP contribution >= 0.6 is 11.6 Å². The highest BCUT2D eigenvalue weighted by Crippen LogP contribution is 2.21. The number of anilines is 1. The summed E-state index contributed by atoms with van der Waals surface area (Å²) in [6.45, 7) is 6.12. The van der Waals surface area contributed by atoms with E-state index in [0.717, 1.165) is 22.4 Å². The van der Waals surface area contributed by atoms with Crippen LogP contribution in [0.3, 0.4) is 0 Å². The van der Waals surface area contributed by atoms with Crippen LogP contribution in [0.2, 0.25) is 5.02 Å². The molecule has 0 fully saturated rings. The van der Waals surface area contributed by atoms with Gasteiger partial charge in [-0.25, -0.2) is 8.78 Å². The van der Waals surface area contributed by atoms with Crippen molar-refractivity contribution in [2.75, 3.05) is 18.5 Å². The molecule has 1 aromatic heterocycles. The second-order valence-electron chi connectivity index (χ2n) is 4.97. The van der Waals surface area contributed by atoms with Crippen molar-refractivity contribution in [3.8, 4) is 5.69 Å². The number of rotatable bonds is 4. The molecule has 2 rings (SSSR count). The second-order valence-corrected chi connectivity index (χ2v) is 5.35. The molecule has 2 aromatic rings. The van der Waals surface area contributed by atoms with E-state index in [1.165, 1.54) is 6.20 Å². The van der Waals surface area contributed by atoms with Crippen LogP contribution in [0.1, 0.15) is 6.92 Å². The van der Waals surface area contributed by atoms with Gasteiger partial charge in [0.2, 0.25) is 0 Å². The van der Waals surface area contributed by atoms with Gasteiger partial charge in [-0.1, -0.05) is 23.8 Å². The molecule has 4 nitrogen and oxygen atoms in total. The molecule has 1 heterocycles. The molecule has 1 aromatic carbocycles. The largest absolute Gasteiger partial charge is 0.368 e. The second kappa shape index (κ2) is 6.27. The molecule has 22 heavy (non-hydrogen) atoms. The van der Waals surface area contributed by atoms with Crippen molar-refractivity contribution in [3.63, 3.8) is 0 Å². The molecule has 0 amide bonds. The van der Waals surface area contributed by atoms with E-state index in [1.54, 1.807) is 11.9 Å². The number of aromatic nitrogens is 2. The molecular weight excluding hydrogens is 312 g/mol. The zero-order valence-electron chi connectivity index (χ0n) is 12.1. The van der Waals surface area contributed by atoms with E-state index in [1.807, 2.05) is 6.92 Å². The van der Waals surface area contributed by atoms with E-state index in [2.05, 4.69) is 11.7 Å². The van der Waals surface area contributed by atoms with Gasteiger partial charge in [0.1, 0.15) is 16.5 Å². The molecule has 7 heteroatoms. The summed E-state index contributed by atoms with van der Waals surface area (Å²) >= 11 is 6.07. The van der Waals surface area contributed by atoms with E-state index in [0.29, 0.717) is 18.3 Å². The summed E-state index contributed by atoms with van der Waals surface area (Å²) in [6, 6.07) is 2.85. The van der Waals surface area contributed by atoms with Gasteiger partial charge in [0.15, 0.2) is 5.82 Å². The first-order valence-electron chi connectivity index (χ1n) is 6.40. The summed E-state index contributed by atoms with van der Waals surface area (Å²) in [6.07, 6.45) is 1.36. The Hall–Kier alpha value is -2.21. The third-order valence-electron chi connectivity index (χ3n) is 2.96. The van der Waals surface area contributed by atoms with Gasteiger partial charge in [-0.15, -0.1) is 0 Å². The molecular formula is C15H14ClF2N3O. The van der Waals surface area contributed by atoms with Gasteiger partial charge in [-0.3, -0.25) is 4.79 Å². The molecule has 0 aliphatic carbocycles. The number of nitrogens with zero attached hydrogens (tertiary/aromatic N) is 3. The summed E-state index contributed by atoms with van der Waals surface area (Å²) in [5, 5.41) is 3.82. The number of hydrogen-bond donors (Lipinski definition) is 0. The normalized spacial score (nSPS) is 10.6. The van der Waals surface area contributed by atoms with Gasteiger partial charge in [0.05, 0.1) is 11.9 Å². The van der Waals surface area contributed by atoms with Gasteiger partial charge in [0, 0.05) is 19.7 Å². The molecule has 0 saturated carbocycles. The monoisotopic (exact) mass is 325 g/mol. The van der Waals surface area contributed by atoms with Crippen LogP contribution < -0.4 is 10.5 Å². The topological polar surface area (TPSA) is 38.1 Å².